The fraction of sp³-hybridized carbons (Fsp3) is 0.562. The topological polar surface area (TPSA) is 41.1 Å². The van der Waals surface area contributed by atoms with Crippen molar-refractivity contribution >= 4 is 5.91 Å². The van der Waals surface area contributed by atoms with Crippen LogP contribution in [0.1, 0.15) is 30.4 Å². The van der Waals surface area contributed by atoms with Crippen molar-refractivity contribution in [3.05, 3.63) is 35.4 Å². The van der Waals surface area contributed by atoms with Gasteiger partial charge in [0.15, 0.2) is 0 Å². The summed E-state index contributed by atoms with van der Waals surface area (Å²) in [7, 11) is 0. The van der Waals surface area contributed by atoms with Gasteiger partial charge in [-0.3, -0.25) is 4.79 Å². The van der Waals surface area contributed by atoms with Crippen LogP contribution in [0.15, 0.2) is 24.3 Å². The molecule has 0 aromatic heterocycles. The Morgan fingerprint density at radius 2 is 2.00 bits per heavy atom. The van der Waals surface area contributed by atoms with Gasteiger partial charge in [0.05, 0.1) is 0 Å². The summed E-state index contributed by atoms with van der Waals surface area (Å²) in [6, 6.07) is 9.02. The lowest BCUT2D eigenvalue weighted by atomic mass is 10.1. The second-order valence-corrected chi connectivity index (χ2v) is 5.75. The van der Waals surface area contributed by atoms with E-state index in [-0.39, 0.29) is 11.8 Å². The highest BCUT2D eigenvalue weighted by Crippen LogP contribution is 2.26. The number of amides is 1. The molecule has 1 heterocycles. The molecule has 1 aromatic rings. The van der Waals surface area contributed by atoms with Gasteiger partial charge in [0.1, 0.15) is 0 Å². The molecule has 2 N–H and O–H groups in total. The highest BCUT2D eigenvalue weighted by atomic mass is 16.1. The molecule has 1 aliphatic carbocycles. The van der Waals surface area contributed by atoms with Crippen molar-refractivity contribution in [3.63, 3.8) is 0 Å². The van der Waals surface area contributed by atoms with Gasteiger partial charge in [-0.25, -0.2) is 0 Å². The Labute approximate surface area is 114 Å². The second kappa shape index (κ2) is 5.74. The first-order valence-corrected chi connectivity index (χ1v) is 7.41. The molecule has 3 nitrogen and oxygen atoms in total. The summed E-state index contributed by atoms with van der Waals surface area (Å²) < 4.78 is 0. The standard InChI is InChI=1S/C16H22N2O/c19-16(18-9-7-15-6-3-8-17-15)14-10-12-4-1-2-5-13(12)11-14/h1-2,4-5,14-15,17H,3,6-11H2,(H,18,19)/t15-/m1/s1. The van der Waals surface area contributed by atoms with E-state index in [0.29, 0.717) is 6.04 Å². The van der Waals surface area contributed by atoms with Gasteiger partial charge in [-0.1, -0.05) is 24.3 Å². The lowest BCUT2D eigenvalue weighted by molar-refractivity contribution is -0.124. The first-order valence-electron chi connectivity index (χ1n) is 7.41. The van der Waals surface area contributed by atoms with Crippen LogP contribution < -0.4 is 10.6 Å². The number of rotatable bonds is 4. The van der Waals surface area contributed by atoms with Crippen molar-refractivity contribution < 1.29 is 4.79 Å². The second-order valence-electron chi connectivity index (χ2n) is 5.75. The van der Waals surface area contributed by atoms with Crippen LogP contribution in [0.2, 0.25) is 0 Å². The molecule has 0 spiro atoms. The minimum Gasteiger partial charge on any atom is -0.356 e. The van der Waals surface area contributed by atoms with Crippen molar-refractivity contribution in [3.8, 4) is 0 Å². The number of hydrogen-bond donors (Lipinski definition) is 2. The number of carbonyl (C=O) groups is 1. The largest absolute Gasteiger partial charge is 0.356 e. The monoisotopic (exact) mass is 258 g/mol. The first kappa shape index (κ1) is 12.7. The van der Waals surface area contributed by atoms with Crippen LogP contribution in [-0.4, -0.2) is 25.0 Å². The maximum absolute atomic E-state index is 12.2. The minimum atomic E-state index is 0.147. The molecule has 0 saturated carbocycles. The molecule has 1 atom stereocenters. The Balaban J connectivity index is 1.44. The fourth-order valence-electron chi connectivity index (χ4n) is 3.26. The quantitative estimate of drug-likeness (QED) is 0.862. The Hall–Kier alpha value is -1.35. The van der Waals surface area contributed by atoms with E-state index in [4.69, 9.17) is 0 Å². The van der Waals surface area contributed by atoms with Crippen molar-refractivity contribution in [2.45, 2.75) is 38.1 Å². The number of fused-ring (bicyclic) bond motifs is 1. The van der Waals surface area contributed by atoms with E-state index >= 15 is 0 Å². The SMILES string of the molecule is O=C(NCC[C@H]1CCCN1)C1Cc2ccccc2C1. The molecule has 102 valence electrons. The van der Waals surface area contributed by atoms with Crippen molar-refractivity contribution in [2.75, 3.05) is 13.1 Å². The average molecular weight is 258 g/mol. The lowest BCUT2D eigenvalue weighted by Gasteiger charge is -2.13. The summed E-state index contributed by atoms with van der Waals surface area (Å²) in [6.07, 6.45) is 5.40. The molecule has 3 heteroatoms. The zero-order valence-electron chi connectivity index (χ0n) is 11.3. The van der Waals surface area contributed by atoms with Gasteiger partial charge in [0.25, 0.3) is 0 Å². The Morgan fingerprint density at radius 1 is 1.26 bits per heavy atom. The van der Waals surface area contributed by atoms with E-state index < -0.39 is 0 Å². The van der Waals surface area contributed by atoms with Crippen LogP contribution in [0.5, 0.6) is 0 Å². The number of hydrogen-bond acceptors (Lipinski definition) is 2. The smallest absolute Gasteiger partial charge is 0.223 e. The van der Waals surface area contributed by atoms with E-state index in [0.717, 1.165) is 32.4 Å². The highest BCUT2D eigenvalue weighted by molar-refractivity contribution is 5.80. The van der Waals surface area contributed by atoms with Crippen LogP contribution in [0, 0.1) is 5.92 Å². The maximum atomic E-state index is 12.2. The zero-order valence-corrected chi connectivity index (χ0v) is 11.3. The van der Waals surface area contributed by atoms with Gasteiger partial charge in [0.2, 0.25) is 5.91 Å². The summed E-state index contributed by atoms with van der Waals surface area (Å²) in [5.74, 6) is 0.378. The van der Waals surface area contributed by atoms with E-state index in [2.05, 4.69) is 34.9 Å². The predicted molar refractivity (Wildman–Crippen MR) is 76.0 cm³/mol. The van der Waals surface area contributed by atoms with Gasteiger partial charge in [-0.2, -0.15) is 0 Å². The summed E-state index contributed by atoms with van der Waals surface area (Å²) in [4.78, 5) is 12.2. The van der Waals surface area contributed by atoms with Crippen LogP contribution in [0.4, 0.5) is 0 Å². The van der Waals surface area contributed by atoms with E-state index in [1.807, 2.05) is 0 Å². The van der Waals surface area contributed by atoms with Gasteiger partial charge in [-0.15, -0.1) is 0 Å². The van der Waals surface area contributed by atoms with Crippen LogP contribution in [-0.2, 0) is 17.6 Å². The molecule has 1 aliphatic heterocycles. The van der Waals surface area contributed by atoms with E-state index in [1.54, 1.807) is 0 Å². The number of carbonyl (C=O) groups excluding carboxylic acids is 1. The number of benzene rings is 1. The molecular weight excluding hydrogens is 236 g/mol. The third-order valence-corrected chi connectivity index (χ3v) is 4.38. The van der Waals surface area contributed by atoms with Crippen LogP contribution in [0.3, 0.4) is 0 Å². The highest BCUT2D eigenvalue weighted by Gasteiger charge is 2.26. The fourth-order valence-corrected chi connectivity index (χ4v) is 3.26. The molecule has 2 aliphatic rings. The molecule has 19 heavy (non-hydrogen) atoms. The summed E-state index contributed by atoms with van der Waals surface area (Å²) >= 11 is 0. The molecule has 1 saturated heterocycles. The van der Waals surface area contributed by atoms with Gasteiger partial charge in [0, 0.05) is 18.5 Å². The molecule has 0 radical (unpaired) electrons. The van der Waals surface area contributed by atoms with Crippen LogP contribution >= 0.6 is 0 Å². The Morgan fingerprint density at radius 3 is 2.63 bits per heavy atom. The van der Waals surface area contributed by atoms with Crippen molar-refractivity contribution in [2.24, 2.45) is 5.92 Å². The summed E-state index contributed by atoms with van der Waals surface area (Å²) in [5, 5.41) is 6.57. The Bertz CT molecular complexity index is 427. The molecule has 3 rings (SSSR count). The molecular formula is C16H22N2O. The van der Waals surface area contributed by atoms with E-state index in [1.165, 1.54) is 24.0 Å². The number of nitrogens with one attached hydrogen (secondary N) is 2. The maximum Gasteiger partial charge on any atom is 0.223 e. The van der Waals surface area contributed by atoms with Gasteiger partial charge >= 0.3 is 0 Å². The Kier molecular flexibility index (Phi) is 3.83. The van der Waals surface area contributed by atoms with Crippen LogP contribution in [0.25, 0.3) is 0 Å². The molecule has 0 unspecified atom stereocenters. The average Bonchev–Trinajstić information content (AvgIpc) is 3.07. The first-order chi connectivity index (χ1) is 9.33. The van der Waals surface area contributed by atoms with Gasteiger partial charge < -0.3 is 10.6 Å². The zero-order chi connectivity index (χ0) is 13.1. The van der Waals surface area contributed by atoms with Gasteiger partial charge in [-0.05, 0) is 49.8 Å². The van der Waals surface area contributed by atoms with Crippen molar-refractivity contribution in [1.29, 1.82) is 0 Å². The molecule has 0 bridgehead atoms. The van der Waals surface area contributed by atoms with Crippen molar-refractivity contribution in [1.82, 2.24) is 10.6 Å². The lowest BCUT2D eigenvalue weighted by Crippen LogP contribution is -2.34. The minimum absolute atomic E-state index is 0.147. The summed E-state index contributed by atoms with van der Waals surface area (Å²) in [6.45, 7) is 1.94. The molecule has 1 fully saturated rings. The summed E-state index contributed by atoms with van der Waals surface area (Å²) in [5.41, 5.74) is 2.69. The van der Waals surface area contributed by atoms with E-state index in [9.17, 15) is 4.79 Å². The molecule has 1 aromatic carbocycles. The molecule has 1 amide bonds. The predicted octanol–water partition coefficient (Wildman–Crippen LogP) is 1.66. The third-order valence-electron chi connectivity index (χ3n) is 4.38. The third kappa shape index (κ3) is 2.98. The normalized spacial score (nSPS) is 22.4.